The molecule has 1 spiro atoms. The summed E-state index contributed by atoms with van der Waals surface area (Å²) in [7, 11) is 1.68. The molecule has 1 saturated carbocycles. The summed E-state index contributed by atoms with van der Waals surface area (Å²) in [4.78, 5) is 14.0. The third-order valence-electron chi connectivity index (χ3n) is 5.30. The van der Waals surface area contributed by atoms with Crippen molar-refractivity contribution in [3.63, 3.8) is 0 Å². The summed E-state index contributed by atoms with van der Waals surface area (Å²) in [5.74, 6) is 0.880. The van der Waals surface area contributed by atoms with E-state index in [-0.39, 0.29) is 6.09 Å². The molecular formula is C20H30N2O3. The molecule has 1 heterocycles. The highest BCUT2D eigenvalue weighted by atomic mass is 16.6. The standard InChI is InChI=1S/C20H30N2O3/c1-19(2,3)25-18(23)22-11-9-20(10-12-22)13-16(14-20)21-15-5-7-17(24-4)8-6-15/h5-8,16,21H,9-14H2,1-4H3. The SMILES string of the molecule is COc1ccc(NC2CC3(CCN(C(=O)OC(C)(C)C)CC3)C2)cc1. The third kappa shape index (κ3) is 4.39. The van der Waals surface area contributed by atoms with Gasteiger partial charge >= 0.3 is 6.09 Å². The normalized spacial score (nSPS) is 20.1. The maximum atomic E-state index is 12.2. The average molecular weight is 346 g/mol. The fourth-order valence-corrected chi connectivity index (χ4v) is 3.91. The lowest BCUT2D eigenvalue weighted by Crippen LogP contribution is -2.53. The molecule has 1 aliphatic carbocycles. The van der Waals surface area contributed by atoms with E-state index in [1.807, 2.05) is 37.8 Å². The molecule has 0 bridgehead atoms. The lowest BCUT2D eigenvalue weighted by molar-refractivity contribution is -0.00859. The maximum Gasteiger partial charge on any atom is 0.410 e. The highest BCUT2D eigenvalue weighted by molar-refractivity contribution is 5.68. The molecule has 138 valence electrons. The zero-order valence-corrected chi connectivity index (χ0v) is 15.8. The molecule has 1 N–H and O–H groups in total. The number of amides is 1. The van der Waals surface area contributed by atoms with Gasteiger partial charge in [0.2, 0.25) is 0 Å². The van der Waals surface area contributed by atoms with Gasteiger partial charge in [0.15, 0.2) is 0 Å². The lowest BCUT2D eigenvalue weighted by Gasteiger charge is -2.52. The quantitative estimate of drug-likeness (QED) is 0.887. The van der Waals surface area contributed by atoms with Crippen LogP contribution in [0.4, 0.5) is 10.5 Å². The lowest BCUT2D eigenvalue weighted by atomic mass is 9.60. The van der Waals surface area contributed by atoms with E-state index in [1.54, 1.807) is 7.11 Å². The summed E-state index contributed by atoms with van der Waals surface area (Å²) in [6.07, 6.45) is 4.34. The van der Waals surface area contributed by atoms with E-state index in [4.69, 9.17) is 9.47 Å². The number of piperidine rings is 1. The molecule has 1 amide bonds. The van der Waals surface area contributed by atoms with Crippen LogP contribution in [-0.4, -0.2) is 42.8 Å². The summed E-state index contributed by atoms with van der Waals surface area (Å²) in [5, 5.41) is 3.61. The van der Waals surface area contributed by atoms with Crippen molar-refractivity contribution < 1.29 is 14.3 Å². The number of hydrogen-bond acceptors (Lipinski definition) is 4. The highest BCUT2D eigenvalue weighted by Gasteiger charge is 2.46. The van der Waals surface area contributed by atoms with Crippen molar-refractivity contribution in [3.8, 4) is 5.75 Å². The smallest absolute Gasteiger partial charge is 0.410 e. The van der Waals surface area contributed by atoms with Crippen LogP contribution >= 0.6 is 0 Å². The number of anilines is 1. The van der Waals surface area contributed by atoms with E-state index in [2.05, 4.69) is 17.4 Å². The third-order valence-corrected chi connectivity index (χ3v) is 5.30. The molecular weight excluding hydrogens is 316 g/mol. The van der Waals surface area contributed by atoms with E-state index < -0.39 is 5.60 Å². The fraction of sp³-hybridized carbons (Fsp3) is 0.650. The minimum absolute atomic E-state index is 0.172. The Morgan fingerprint density at radius 3 is 2.28 bits per heavy atom. The Kier molecular flexibility index (Phi) is 4.85. The number of benzene rings is 1. The monoisotopic (exact) mass is 346 g/mol. The Balaban J connectivity index is 1.44. The van der Waals surface area contributed by atoms with Gasteiger partial charge in [0.1, 0.15) is 11.4 Å². The molecule has 1 aromatic rings. The van der Waals surface area contributed by atoms with E-state index in [0.29, 0.717) is 11.5 Å². The van der Waals surface area contributed by atoms with Gasteiger partial charge in [0.05, 0.1) is 7.11 Å². The van der Waals surface area contributed by atoms with Crippen molar-refractivity contribution >= 4 is 11.8 Å². The maximum absolute atomic E-state index is 12.2. The second kappa shape index (κ2) is 6.77. The van der Waals surface area contributed by atoms with Crippen molar-refractivity contribution in [2.24, 2.45) is 5.41 Å². The first-order chi connectivity index (χ1) is 11.8. The molecule has 2 fully saturated rings. The number of methoxy groups -OCH3 is 1. The summed E-state index contributed by atoms with van der Waals surface area (Å²) >= 11 is 0. The molecule has 25 heavy (non-hydrogen) atoms. The van der Waals surface area contributed by atoms with Gasteiger partial charge in [-0.15, -0.1) is 0 Å². The van der Waals surface area contributed by atoms with Gasteiger partial charge in [0.25, 0.3) is 0 Å². The summed E-state index contributed by atoms with van der Waals surface area (Å²) < 4.78 is 10.7. The molecule has 0 unspecified atom stereocenters. The predicted octanol–water partition coefficient (Wildman–Crippen LogP) is 4.29. The molecule has 5 heteroatoms. The number of carbonyl (C=O) groups is 1. The van der Waals surface area contributed by atoms with Crippen molar-refractivity contribution in [2.75, 3.05) is 25.5 Å². The van der Waals surface area contributed by atoms with Crippen LogP contribution in [-0.2, 0) is 4.74 Å². The molecule has 1 saturated heterocycles. The number of ether oxygens (including phenoxy) is 2. The first kappa shape index (κ1) is 17.9. The molecule has 0 radical (unpaired) electrons. The van der Waals surface area contributed by atoms with E-state index in [1.165, 1.54) is 12.8 Å². The highest BCUT2D eigenvalue weighted by Crippen LogP contribution is 2.50. The van der Waals surface area contributed by atoms with Gasteiger partial charge in [-0.2, -0.15) is 0 Å². The van der Waals surface area contributed by atoms with Crippen molar-refractivity contribution in [2.45, 2.75) is 58.1 Å². The Bertz CT molecular complexity index is 590. The Hall–Kier alpha value is -1.91. The Morgan fingerprint density at radius 1 is 1.16 bits per heavy atom. The average Bonchev–Trinajstić information content (AvgIpc) is 2.53. The van der Waals surface area contributed by atoms with Crippen LogP contribution in [0.25, 0.3) is 0 Å². The zero-order valence-electron chi connectivity index (χ0n) is 15.8. The van der Waals surface area contributed by atoms with Crippen LogP contribution in [0.1, 0.15) is 46.5 Å². The number of carbonyl (C=O) groups excluding carboxylic acids is 1. The second-order valence-corrected chi connectivity index (χ2v) is 8.45. The number of rotatable bonds is 3. The molecule has 0 aromatic heterocycles. The zero-order chi connectivity index (χ0) is 18.1. The van der Waals surface area contributed by atoms with Crippen LogP contribution < -0.4 is 10.1 Å². The van der Waals surface area contributed by atoms with E-state index >= 15 is 0 Å². The van der Waals surface area contributed by atoms with Gasteiger partial charge in [-0.3, -0.25) is 0 Å². The number of hydrogen-bond donors (Lipinski definition) is 1. The predicted molar refractivity (Wildman–Crippen MR) is 99.1 cm³/mol. The molecule has 1 aromatic carbocycles. The van der Waals surface area contributed by atoms with Crippen LogP contribution in [0.3, 0.4) is 0 Å². The largest absolute Gasteiger partial charge is 0.497 e. The minimum atomic E-state index is -0.421. The van der Waals surface area contributed by atoms with Crippen molar-refractivity contribution in [1.29, 1.82) is 0 Å². The molecule has 2 aliphatic rings. The summed E-state index contributed by atoms with van der Waals surface area (Å²) in [5.41, 5.74) is 1.13. The molecule has 1 aliphatic heterocycles. The van der Waals surface area contributed by atoms with E-state index in [9.17, 15) is 4.79 Å². The summed E-state index contributed by atoms with van der Waals surface area (Å²) in [6.45, 7) is 7.36. The van der Waals surface area contributed by atoms with Crippen LogP contribution in [0, 0.1) is 5.41 Å². The Labute approximate surface area is 150 Å². The number of likely N-dealkylation sites (tertiary alicyclic amines) is 1. The number of nitrogens with one attached hydrogen (secondary N) is 1. The topological polar surface area (TPSA) is 50.8 Å². The molecule has 0 atom stereocenters. The van der Waals surface area contributed by atoms with Gasteiger partial charge in [-0.25, -0.2) is 4.79 Å². The minimum Gasteiger partial charge on any atom is -0.497 e. The number of nitrogens with zero attached hydrogens (tertiary/aromatic N) is 1. The second-order valence-electron chi connectivity index (χ2n) is 8.45. The first-order valence-corrected chi connectivity index (χ1v) is 9.17. The van der Waals surface area contributed by atoms with Crippen LogP contribution in [0.5, 0.6) is 5.75 Å². The van der Waals surface area contributed by atoms with Gasteiger partial charge < -0.3 is 19.7 Å². The fourth-order valence-electron chi connectivity index (χ4n) is 3.91. The van der Waals surface area contributed by atoms with Crippen LogP contribution in [0.2, 0.25) is 0 Å². The van der Waals surface area contributed by atoms with Crippen LogP contribution in [0.15, 0.2) is 24.3 Å². The van der Waals surface area contributed by atoms with Crippen molar-refractivity contribution in [3.05, 3.63) is 24.3 Å². The Morgan fingerprint density at radius 2 is 1.76 bits per heavy atom. The molecule has 5 nitrogen and oxygen atoms in total. The first-order valence-electron chi connectivity index (χ1n) is 9.17. The van der Waals surface area contributed by atoms with Crippen molar-refractivity contribution in [1.82, 2.24) is 4.90 Å². The summed E-state index contributed by atoms with van der Waals surface area (Å²) in [6, 6.07) is 8.62. The van der Waals surface area contributed by atoms with E-state index in [0.717, 1.165) is 37.4 Å². The van der Waals surface area contributed by atoms with Gasteiger partial charge in [-0.05, 0) is 76.1 Å². The van der Waals surface area contributed by atoms with Gasteiger partial charge in [0, 0.05) is 24.8 Å². The molecule has 3 rings (SSSR count). The van der Waals surface area contributed by atoms with Gasteiger partial charge in [-0.1, -0.05) is 0 Å².